The molecular weight excluding hydrogens is 462 g/mol. The zero-order valence-electron chi connectivity index (χ0n) is 21.2. The first kappa shape index (κ1) is 25.7. The Labute approximate surface area is 217 Å². The first-order valence-electron chi connectivity index (χ1n) is 12.2. The van der Waals surface area contributed by atoms with Crippen LogP contribution in [-0.2, 0) is 16.6 Å². The van der Waals surface area contributed by atoms with Crippen LogP contribution in [0.1, 0.15) is 42.3 Å². The number of nitrogens with one attached hydrogen (secondary N) is 1. The molecule has 0 aromatic heterocycles. The lowest BCUT2D eigenvalue weighted by molar-refractivity contribution is -0.139. The van der Waals surface area contributed by atoms with Crippen LogP contribution in [0.4, 0.5) is 0 Å². The van der Waals surface area contributed by atoms with Crippen LogP contribution in [0.2, 0.25) is 0 Å². The van der Waals surface area contributed by atoms with Gasteiger partial charge >= 0.3 is 5.97 Å². The van der Waals surface area contributed by atoms with E-state index in [0.29, 0.717) is 0 Å². The molecule has 5 nitrogen and oxygen atoms in total. The second-order valence-corrected chi connectivity index (χ2v) is 10.2. The van der Waals surface area contributed by atoms with E-state index < -0.39 is 17.9 Å². The SMILES string of the molecule is CC(C)(C)c1ccc(-c2ccc(O)c(C(=O)NC(Cc3ccc(-c4ccccc4)cc3)C(=O)O)c2)cc1. The van der Waals surface area contributed by atoms with Crippen LogP contribution in [0.5, 0.6) is 5.75 Å². The van der Waals surface area contributed by atoms with E-state index in [9.17, 15) is 19.8 Å². The van der Waals surface area contributed by atoms with Gasteiger partial charge in [0.25, 0.3) is 5.91 Å². The average Bonchev–Trinajstić information content (AvgIpc) is 2.89. The predicted octanol–water partition coefficient (Wildman–Crippen LogP) is 6.45. The Morgan fingerprint density at radius 2 is 1.30 bits per heavy atom. The van der Waals surface area contributed by atoms with Gasteiger partial charge in [-0.05, 0) is 50.9 Å². The summed E-state index contributed by atoms with van der Waals surface area (Å²) in [5.74, 6) is -1.99. The Balaban J connectivity index is 1.50. The first-order valence-corrected chi connectivity index (χ1v) is 12.2. The first-order chi connectivity index (χ1) is 17.6. The largest absolute Gasteiger partial charge is 0.507 e. The number of hydrogen-bond acceptors (Lipinski definition) is 3. The van der Waals surface area contributed by atoms with Gasteiger partial charge in [-0.25, -0.2) is 4.79 Å². The van der Waals surface area contributed by atoms with Gasteiger partial charge in [-0.3, -0.25) is 4.79 Å². The molecule has 0 spiro atoms. The van der Waals surface area contributed by atoms with Crippen molar-refractivity contribution in [3.05, 3.63) is 114 Å². The van der Waals surface area contributed by atoms with E-state index in [4.69, 9.17) is 0 Å². The zero-order chi connectivity index (χ0) is 26.6. The maximum absolute atomic E-state index is 13.0. The molecule has 0 bridgehead atoms. The van der Waals surface area contributed by atoms with Gasteiger partial charge in [0, 0.05) is 6.42 Å². The molecule has 188 valence electrons. The number of carboxylic acid groups (broad SMARTS) is 1. The summed E-state index contributed by atoms with van der Waals surface area (Å²) in [5.41, 5.74) is 5.77. The van der Waals surface area contributed by atoms with Crippen LogP contribution in [-0.4, -0.2) is 28.1 Å². The molecule has 0 saturated carbocycles. The molecule has 0 aliphatic carbocycles. The molecule has 3 N–H and O–H groups in total. The van der Waals surface area contributed by atoms with Gasteiger partial charge in [0.2, 0.25) is 0 Å². The van der Waals surface area contributed by atoms with Crippen molar-refractivity contribution in [3.63, 3.8) is 0 Å². The number of phenols is 1. The minimum atomic E-state index is -1.15. The highest BCUT2D eigenvalue weighted by atomic mass is 16.4. The van der Waals surface area contributed by atoms with E-state index in [0.717, 1.165) is 27.8 Å². The predicted molar refractivity (Wildman–Crippen MR) is 147 cm³/mol. The van der Waals surface area contributed by atoms with Gasteiger partial charge in [-0.2, -0.15) is 0 Å². The Morgan fingerprint density at radius 1 is 0.757 bits per heavy atom. The molecule has 0 aliphatic heterocycles. The van der Waals surface area contributed by atoms with Crippen LogP contribution in [0.3, 0.4) is 0 Å². The molecule has 4 aromatic carbocycles. The van der Waals surface area contributed by atoms with Crippen LogP contribution in [0.15, 0.2) is 97.1 Å². The number of carbonyl (C=O) groups excluding carboxylic acids is 1. The highest BCUT2D eigenvalue weighted by molar-refractivity contribution is 6.00. The molecule has 0 radical (unpaired) electrons. The van der Waals surface area contributed by atoms with E-state index >= 15 is 0 Å². The summed E-state index contributed by atoms with van der Waals surface area (Å²) in [7, 11) is 0. The maximum Gasteiger partial charge on any atom is 0.326 e. The van der Waals surface area contributed by atoms with Gasteiger partial charge in [0.05, 0.1) is 5.56 Å². The molecule has 1 amide bonds. The number of carboxylic acids is 1. The third-order valence-corrected chi connectivity index (χ3v) is 6.43. The fourth-order valence-electron chi connectivity index (χ4n) is 4.20. The molecule has 0 fully saturated rings. The fourth-order valence-corrected chi connectivity index (χ4v) is 4.20. The molecule has 4 rings (SSSR count). The maximum atomic E-state index is 13.0. The van der Waals surface area contributed by atoms with Crippen molar-refractivity contribution in [2.75, 3.05) is 0 Å². The molecular formula is C32H31NO4. The van der Waals surface area contributed by atoms with Crippen molar-refractivity contribution in [3.8, 4) is 28.0 Å². The summed E-state index contributed by atoms with van der Waals surface area (Å²) in [6.07, 6.45) is 0.116. The Hall–Kier alpha value is -4.38. The lowest BCUT2D eigenvalue weighted by Crippen LogP contribution is -2.42. The zero-order valence-corrected chi connectivity index (χ0v) is 21.2. The van der Waals surface area contributed by atoms with Gasteiger partial charge in [0.15, 0.2) is 0 Å². The molecule has 0 heterocycles. The highest BCUT2D eigenvalue weighted by Gasteiger charge is 2.23. The minimum absolute atomic E-state index is 0.0201. The summed E-state index contributed by atoms with van der Waals surface area (Å²) in [5, 5.41) is 22.7. The summed E-state index contributed by atoms with van der Waals surface area (Å²) in [6, 6.07) is 29.2. The molecule has 1 unspecified atom stereocenters. The van der Waals surface area contributed by atoms with Crippen molar-refractivity contribution in [2.45, 2.75) is 38.6 Å². The van der Waals surface area contributed by atoms with Crippen molar-refractivity contribution >= 4 is 11.9 Å². The van der Waals surface area contributed by atoms with Crippen LogP contribution in [0.25, 0.3) is 22.3 Å². The standard InChI is InChI=1S/C32H31NO4/c1-32(2,3)26-16-13-24(14-17-26)25-15-18-29(34)27(20-25)30(35)33-28(31(36)37)19-21-9-11-23(12-10-21)22-7-5-4-6-8-22/h4-18,20,28,34H,19H2,1-3H3,(H,33,35)(H,36,37). The summed E-state index contributed by atoms with van der Waals surface area (Å²) >= 11 is 0. The number of aliphatic carboxylic acids is 1. The molecule has 1 atom stereocenters. The topological polar surface area (TPSA) is 86.6 Å². The minimum Gasteiger partial charge on any atom is -0.507 e. The van der Waals surface area contributed by atoms with Crippen molar-refractivity contribution in [1.29, 1.82) is 0 Å². The molecule has 0 saturated heterocycles. The smallest absolute Gasteiger partial charge is 0.326 e. The van der Waals surface area contributed by atoms with E-state index in [1.807, 2.05) is 78.9 Å². The van der Waals surface area contributed by atoms with Crippen LogP contribution in [0, 0.1) is 0 Å². The van der Waals surface area contributed by atoms with Gasteiger partial charge in [0.1, 0.15) is 11.8 Å². The molecule has 37 heavy (non-hydrogen) atoms. The lowest BCUT2D eigenvalue weighted by atomic mass is 9.86. The van der Waals surface area contributed by atoms with Crippen molar-refractivity contribution < 1.29 is 19.8 Å². The van der Waals surface area contributed by atoms with E-state index in [1.165, 1.54) is 11.6 Å². The summed E-state index contributed by atoms with van der Waals surface area (Å²) in [4.78, 5) is 25.0. The lowest BCUT2D eigenvalue weighted by Gasteiger charge is -2.19. The van der Waals surface area contributed by atoms with Crippen LogP contribution < -0.4 is 5.32 Å². The molecule has 0 aliphatic rings. The number of hydrogen-bond donors (Lipinski definition) is 3. The monoisotopic (exact) mass is 493 g/mol. The number of phenolic OH excluding ortho intramolecular Hbond substituents is 1. The Morgan fingerprint density at radius 3 is 1.89 bits per heavy atom. The quantitative estimate of drug-likeness (QED) is 0.276. The number of rotatable bonds is 7. The molecule has 4 aromatic rings. The summed E-state index contributed by atoms with van der Waals surface area (Å²) < 4.78 is 0. The van der Waals surface area contributed by atoms with E-state index in [2.05, 4.69) is 26.1 Å². The summed E-state index contributed by atoms with van der Waals surface area (Å²) in [6.45, 7) is 6.42. The number of benzene rings is 4. The highest BCUT2D eigenvalue weighted by Crippen LogP contribution is 2.29. The average molecular weight is 494 g/mol. The van der Waals surface area contributed by atoms with E-state index in [-0.39, 0.29) is 23.1 Å². The molecule has 5 heteroatoms. The third kappa shape index (κ3) is 6.25. The van der Waals surface area contributed by atoms with Crippen LogP contribution >= 0.6 is 0 Å². The normalized spacial score (nSPS) is 12.1. The van der Waals surface area contributed by atoms with Gasteiger partial charge in [-0.1, -0.05) is 106 Å². The Bertz CT molecular complexity index is 1390. The van der Waals surface area contributed by atoms with Crippen molar-refractivity contribution in [2.24, 2.45) is 0 Å². The number of amides is 1. The van der Waals surface area contributed by atoms with Gasteiger partial charge < -0.3 is 15.5 Å². The number of aromatic hydroxyl groups is 1. The third-order valence-electron chi connectivity index (χ3n) is 6.43. The Kier molecular flexibility index (Phi) is 7.44. The number of carbonyl (C=O) groups is 2. The second-order valence-electron chi connectivity index (χ2n) is 10.2. The van der Waals surface area contributed by atoms with Crippen molar-refractivity contribution in [1.82, 2.24) is 5.32 Å². The second kappa shape index (κ2) is 10.7. The van der Waals surface area contributed by atoms with Gasteiger partial charge in [-0.15, -0.1) is 0 Å². The fraction of sp³-hybridized carbons (Fsp3) is 0.188. The van der Waals surface area contributed by atoms with E-state index in [1.54, 1.807) is 12.1 Å².